The van der Waals surface area contributed by atoms with Gasteiger partial charge in [0.1, 0.15) is 11.4 Å². The zero-order valence-corrected chi connectivity index (χ0v) is 48.5. The molecule has 0 atom stereocenters. The van der Waals surface area contributed by atoms with Crippen molar-refractivity contribution in [2.75, 3.05) is 9.80 Å². The molecule has 5 nitrogen and oxygen atoms in total. The van der Waals surface area contributed by atoms with E-state index in [-0.39, 0.29) is 12.1 Å². The second kappa shape index (κ2) is 19.8. The molecule has 87 heavy (non-hydrogen) atoms. The molecule has 0 saturated carbocycles. The number of pyridine rings is 1. The number of hydrogen-bond acceptors (Lipinski definition) is 4. The number of furan rings is 1. The Kier molecular flexibility index (Phi) is 11.5. The fourth-order valence-corrected chi connectivity index (χ4v) is 14.1. The Labute approximate surface area is 506 Å². The normalized spacial score (nSPS) is 12.7. The number of rotatable bonds is 8. The molecule has 0 unspecified atom stereocenters. The first-order chi connectivity index (χ1) is 42.8. The number of benzene rings is 12. The number of para-hydroxylation sites is 3. The van der Waals surface area contributed by atoms with Gasteiger partial charge in [-0.3, -0.25) is 4.57 Å². The van der Waals surface area contributed by atoms with Gasteiger partial charge in [-0.05, 0) is 134 Å². The molecule has 0 spiro atoms. The molecular formula is C81H57BN4O. The van der Waals surface area contributed by atoms with E-state index in [9.17, 15) is 0 Å². The maximum atomic E-state index is 6.81. The van der Waals surface area contributed by atoms with Crippen molar-refractivity contribution in [3.63, 3.8) is 0 Å². The second-order valence-corrected chi connectivity index (χ2v) is 24.2. The van der Waals surface area contributed by atoms with Crippen LogP contribution in [-0.2, 0) is 5.41 Å². The molecule has 0 saturated heterocycles. The van der Waals surface area contributed by atoms with E-state index in [0.717, 1.165) is 117 Å². The molecule has 17 rings (SSSR count). The summed E-state index contributed by atoms with van der Waals surface area (Å²) in [4.78, 5) is 10.9. The van der Waals surface area contributed by atoms with Gasteiger partial charge in [0.15, 0.2) is 5.58 Å². The summed E-state index contributed by atoms with van der Waals surface area (Å²) in [7, 11) is 0. The van der Waals surface area contributed by atoms with Gasteiger partial charge in [0.05, 0.1) is 28.1 Å². The number of fused-ring (bicyclic) bond motifs is 11. The lowest BCUT2D eigenvalue weighted by Crippen LogP contribution is -2.61. The first kappa shape index (κ1) is 50.6. The summed E-state index contributed by atoms with van der Waals surface area (Å²) < 4.78 is 9.11. The minimum atomic E-state index is -0.197. The predicted octanol–water partition coefficient (Wildman–Crippen LogP) is 19.8. The minimum Gasteiger partial charge on any atom is -0.454 e. The van der Waals surface area contributed by atoms with Crippen molar-refractivity contribution >= 4 is 101 Å². The Morgan fingerprint density at radius 2 is 0.897 bits per heavy atom. The number of aromatic nitrogens is 2. The van der Waals surface area contributed by atoms with Gasteiger partial charge in [-0.25, -0.2) is 4.98 Å². The third kappa shape index (κ3) is 8.05. The van der Waals surface area contributed by atoms with Crippen LogP contribution in [-0.4, -0.2) is 16.3 Å². The van der Waals surface area contributed by atoms with Gasteiger partial charge in [-0.1, -0.05) is 239 Å². The Balaban J connectivity index is 0.948. The van der Waals surface area contributed by atoms with Gasteiger partial charge in [-0.15, -0.1) is 0 Å². The molecule has 3 aromatic heterocycles. The molecular weight excluding hydrogens is 1060 g/mol. The van der Waals surface area contributed by atoms with Crippen LogP contribution in [0, 0.1) is 0 Å². The van der Waals surface area contributed by atoms with Crippen molar-refractivity contribution in [1.82, 2.24) is 9.55 Å². The van der Waals surface area contributed by atoms with Crippen LogP contribution < -0.4 is 26.2 Å². The van der Waals surface area contributed by atoms with Crippen LogP contribution >= 0.6 is 0 Å². The lowest BCUT2D eigenvalue weighted by atomic mass is 9.33. The summed E-state index contributed by atoms with van der Waals surface area (Å²) in [5, 5.41) is 4.46. The van der Waals surface area contributed by atoms with Crippen molar-refractivity contribution in [2.45, 2.75) is 26.2 Å². The fourth-order valence-electron chi connectivity index (χ4n) is 14.1. The van der Waals surface area contributed by atoms with E-state index in [2.05, 4.69) is 320 Å². The average Bonchev–Trinajstić information content (AvgIpc) is 1.11. The minimum absolute atomic E-state index is 0.139. The lowest BCUT2D eigenvalue weighted by Gasteiger charge is -2.45. The summed E-state index contributed by atoms with van der Waals surface area (Å²) in [6, 6.07) is 107. The Morgan fingerprint density at radius 1 is 0.368 bits per heavy atom. The van der Waals surface area contributed by atoms with Crippen LogP contribution in [0.5, 0.6) is 0 Å². The molecule has 0 bridgehead atoms. The SMILES string of the molecule is CC(C)(C)c1cc(-c2ccccc2)c(N2c3ccc(-c4ccccc4)cc3B3c4cc(-c5cccc(-n6c7ccccc7c7ccc8c9ccccc9oc8c76)n5)ccc4N(c4ccccc4-c4ccccc4)c4cccc2c43)c(-c2ccccc2)c1. The highest BCUT2D eigenvalue weighted by atomic mass is 16.3. The highest BCUT2D eigenvalue weighted by molar-refractivity contribution is 7.00. The standard InChI is InChI=1S/C81H57BN4O/c1-81(2,3)58-50-64(54-28-12-6-13-29-54)78(65(51-58)55-30-14-7-15-31-55)85-72-46-42-56(52-24-8-4-9-25-52)48-66(72)82-67-49-57(43-47-71(67)84(73-38-23-39-74(85)77(73)82)69-36-19-16-32-59(69)53-26-10-5-11-27-53)68-35-22-41-76(83-68)86-70-37-20-17-33-60(70)62-44-45-63-61-34-18-21-40-75(61)87-80(63)79(62)86/h4-51H,1-3H3. The van der Waals surface area contributed by atoms with Crippen molar-refractivity contribution in [2.24, 2.45) is 0 Å². The van der Waals surface area contributed by atoms with Crippen molar-refractivity contribution < 1.29 is 4.42 Å². The van der Waals surface area contributed by atoms with Crippen molar-refractivity contribution in [1.29, 1.82) is 0 Å². The van der Waals surface area contributed by atoms with Crippen LogP contribution in [0.2, 0.25) is 0 Å². The van der Waals surface area contributed by atoms with Crippen LogP contribution in [0.15, 0.2) is 296 Å². The monoisotopic (exact) mass is 1110 g/mol. The molecule has 5 heterocycles. The zero-order chi connectivity index (χ0) is 57.9. The summed E-state index contributed by atoms with van der Waals surface area (Å²) in [5.74, 6) is 0.822. The summed E-state index contributed by atoms with van der Waals surface area (Å²) in [6.07, 6.45) is 0. The Morgan fingerprint density at radius 3 is 1.59 bits per heavy atom. The largest absolute Gasteiger partial charge is 0.454 e. The average molecular weight is 1110 g/mol. The molecule has 6 heteroatoms. The number of nitrogens with zero attached hydrogens (tertiary/aromatic N) is 4. The first-order valence-corrected chi connectivity index (χ1v) is 30.1. The molecule has 15 aromatic rings. The topological polar surface area (TPSA) is 37.4 Å². The molecule has 0 amide bonds. The fraction of sp³-hybridized carbons (Fsp3) is 0.0494. The summed E-state index contributed by atoms with van der Waals surface area (Å²) >= 11 is 0. The Hall–Kier alpha value is -10.9. The van der Waals surface area contributed by atoms with Crippen LogP contribution in [0.25, 0.3) is 105 Å². The highest BCUT2D eigenvalue weighted by Gasteiger charge is 2.45. The van der Waals surface area contributed by atoms with Gasteiger partial charge in [0.25, 0.3) is 6.71 Å². The van der Waals surface area contributed by atoms with Gasteiger partial charge in [0.2, 0.25) is 0 Å². The van der Waals surface area contributed by atoms with E-state index in [1.165, 1.54) is 44.2 Å². The maximum Gasteiger partial charge on any atom is 0.252 e. The van der Waals surface area contributed by atoms with E-state index >= 15 is 0 Å². The van der Waals surface area contributed by atoms with E-state index in [0.29, 0.717) is 0 Å². The highest BCUT2D eigenvalue weighted by Crippen LogP contribution is 2.52. The molecule has 2 aliphatic rings. The van der Waals surface area contributed by atoms with E-state index < -0.39 is 0 Å². The third-order valence-electron chi connectivity index (χ3n) is 18.1. The zero-order valence-electron chi connectivity index (χ0n) is 48.5. The molecule has 0 aliphatic carbocycles. The predicted molar refractivity (Wildman–Crippen MR) is 366 cm³/mol. The first-order valence-electron chi connectivity index (χ1n) is 30.1. The molecule has 410 valence electrons. The molecule has 0 radical (unpaired) electrons. The van der Waals surface area contributed by atoms with E-state index in [4.69, 9.17) is 9.40 Å². The van der Waals surface area contributed by atoms with E-state index in [1.807, 2.05) is 6.07 Å². The number of hydrogen-bond donors (Lipinski definition) is 0. The van der Waals surface area contributed by atoms with Crippen LogP contribution in [0.3, 0.4) is 0 Å². The van der Waals surface area contributed by atoms with E-state index in [1.54, 1.807) is 0 Å². The molecule has 0 N–H and O–H groups in total. The smallest absolute Gasteiger partial charge is 0.252 e. The summed E-state index contributed by atoms with van der Waals surface area (Å²) in [6.45, 7) is 6.79. The van der Waals surface area contributed by atoms with Crippen LogP contribution in [0.1, 0.15) is 26.3 Å². The van der Waals surface area contributed by atoms with Crippen molar-refractivity contribution in [3.05, 3.63) is 297 Å². The molecule has 2 aliphatic heterocycles. The van der Waals surface area contributed by atoms with Gasteiger partial charge < -0.3 is 14.2 Å². The molecule has 12 aromatic carbocycles. The van der Waals surface area contributed by atoms with Gasteiger partial charge in [-0.2, -0.15) is 0 Å². The number of anilines is 6. The van der Waals surface area contributed by atoms with Crippen LogP contribution in [0.4, 0.5) is 34.1 Å². The maximum absolute atomic E-state index is 6.81. The molecule has 0 fully saturated rings. The van der Waals surface area contributed by atoms with Gasteiger partial charge >= 0.3 is 0 Å². The Bertz CT molecular complexity index is 5160. The lowest BCUT2D eigenvalue weighted by molar-refractivity contribution is 0.591. The quantitative estimate of drug-likeness (QED) is 0.142. The third-order valence-corrected chi connectivity index (χ3v) is 18.1. The second-order valence-electron chi connectivity index (χ2n) is 24.2. The van der Waals surface area contributed by atoms with Crippen molar-refractivity contribution in [3.8, 4) is 61.6 Å². The van der Waals surface area contributed by atoms with Gasteiger partial charge in [0, 0.05) is 61.0 Å². The summed E-state index contributed by atoms with van der Waals surface area (Å²) in [5.41, 5.74) is 26.6.